The summed E-state index contributed by atoms with van der Waals surface area (Å²) in [6, 6.07) is 21.4. The van der Waals surface area contributed by atoms with Gasteiger partial charge >= 0.3 is 0 Å². The van der Waals surface area contributed by atoms with E-state index in [1.54, 1.807) is 11.7 Å². The minimum absolute atomic E-state index is 0.0622. The second-order valence-electron chi connectivity index (χ2n) is 6.87. The van der Waals surface area contributed by atoms with E-state index in [1.165, 1.54) is 0 Å². The van der Waals surface area contributed by atoms with Crippen molar-refractivity contribution in [3.8, 4) is 22.9 Å². The van der Waals surface area contributed by atoms with Crippen molar-refractivity contribution in [1.29, 1.82) is 0 Å². The summed E-state index contributed by atoms with van der Waals surface area (Å²) in [6.45, 7) is 0.813. The van der Waals surface area contributed by atoms with E-state index in [0.717, 1.165) is 27.8 Å². The molecule has 7 nitrogen and oxygen atoms in total. The van der Waals surface area contributed by atoms with Gasteiger partial charge in [0.05, 0.1) is 13.7 Å². The summed E-state index contributed by atoms with van der Waals surface area (Å²) in [5.74, 6) is 1.94. The van der Waals surface area contributed by atoms with Crippen LogP contribution < -0.4 is 14.8 Å². The number of carbonyl (C=O) groups excluding carboxylic acids is 1. The summed E-state index contributed by atoms with van der Waals surface area (Å²) >= 11 is 5.29. The first-order valence-electron chi connectivity index (χ1n) is 9.82. The quantitative estimate of drug-likeness (QED) is 0.324. The maximum Gasteiger partial charge on any atom is 0.240 e. The third-order valence-corrected chi connectivity index (χ3v) is 5.13. The summed E-state index contributed by atoms with van der Waals surface area (Å²) in [7, 11) is 1.61. The van der Waals surface area contributed by atoms with Gasteiger partial charge in [0.25, 0.3) is 0 Å². The molecule has 0 saturated carbocycles. The Morgan fingerprint density at radius 3 is 2.58 bits per heavy atom. The van der Waals surface area contributed by atoms with Crippen molar-refractivity contribution < 1.29 is 14.3 Å². The predicted molar refractivity (Wildman–Crippen MR) is 122 cm³/mol. The summed E-state index contributed by atoms with van der Waals surface area (Å²) in [5.41, 5.74) is 0.834. The Balaban J connectivity index is 1.32. The van der Waals surface area contributed by atoms with Gasteiger partial charge in [-0.05, 0) is 59.4 Å². The molecule has 0 fully saturated rings. The lowest BCUT2D eigenvalue weighted by molar-refractivity contribution is -0.121. The molecule has 0 bridgehead atoms. The van der Waals surface area contributed by atoms with Crippen molar-refractivity contribution in [1.82, 2.24) is 20.1 Å². The highest BCUT2D eigenvalue weighted by molar-refractivity contribution is 7.71. The normalized spacial score (nSPS) is 10.7. The zero-order valence-corrected chi connectivity index (χ0v) is 17.8. The SMILES string of the molecule is COc1ccc(-c2n[nH]c(=S)n2CC(=O)NCCOc2ccc3ccccc3c2)cc1. The average Bonchev–Trinajstić information content (AvgIpc) is 3.16. The first-order chi connectivity index (χ1) is 15.1. The molecule has 0 atom stereocenters. The lowest BCUT2D eigenvalue weighted by atomic mass is 10.1. The molecule has 3 aromatic carbocycles. The standard InChI is InChI=1S/C23H22N4O3S/c1-29-19-9-7-17(8-10-19)22-25-26-23(31)27(22)15-21(28)24-12-13-30-20-11-6-16-4-2-3-5-18(16)14-20/h2-11,14H,12-13,15H2,1H3,(H,24,28)(H,26,31). The van der Waals surface area contributed by atoms with Crippen molar-refractivity contribution in [2.24, 2.45) is 0 Å². The van der Waals surface area contributed by atoms with Gasteiger partial charge in [0.1, 0.15) is 24.7 Å². The topological polar surface area (TPSA) is 81.2 Å². The van der Waals surface area contributed by atoms with Crippen LogP contribution in [0.25, 0.3) is 22.2 Å². The van der Waals surface area contributed by atoms with Gasteiger partial charge in [-0.3, -0.25) is 14.5 Å². The Labute approximate surface area is 184 Å². The highest BCUT2D eigenvalue weighted by Crippen LogP contribution is 2.21. The molecule has 8 heteroatoms. The van der Waals surface area contributed by atoms with Gasteiger partial charge in [-0.2, -0.15) is 5.10 Å². The first-order valence-corrected chi connectivity index (χ1v) is 10.2. The number of H-pyrrole nitrogens is 1. The van der Waals surface area contributed by atoms with Crippen LogP contribution in [0.15, 0.2) is 66.7 Å². The molecular weight excluding hydrogens is 412 g/mol. The lowest BCUT2D eigenvalue weighted by Gasteiger charge is -2.10. The minimum atomic E-state index is -0.172. The maximum atomic E-state index is 12.4. The predicted octanol–water partition coefficient (Wildman–Crippen LogP) is 3.96. The molecule has 0 radical (unpaired) electrons. The van der Waals surface area contributed by atoms with Crippen LogP contribution in [0.4, 0.5) is 0 Å². The van der Waals surface area contributed by atoms with E-state index >= 15 is 0 Å². The molecule has 2 N–H and O–H groups in total. The van der Waals surface area contributed by atoms with E-state index in [-0.39, 0.29) is 12.5 Å². The highest BCUT2D eigenvalue weighted by Gasteiger charge is 2.12. The fraction of sp³-hybridized carbons (Fsp3) is 0.174. The number of carbonyl (C=O) groups is 1. The number of methoxy groups -OCH3 is 1. The number of amides is 1. The molecule has 0 saturated heterocycles. The molecule has 1 heterocycles. The first kappa shape index (κ1) is 20.6. The van der Waals surface area contributed by atoms with E-state index in [0.29, 0.717) is 23.7 Å². The zero-order chi connectivity index (χ0) is 21.6. The van der Waals surface area contributed by atoms with E-state index in [1.807, 2.05) is 60.7 Å². The number of benzene rings is 3. The molecule has 4 aromatic rings. The van der Waals surface area contributed by atoms with Gasteiger partial charge in [0, 0.05) is 5.56 Å². The third-order valence-electron chi connectivity index (χ3n) is 4.82. The van der Waals surface area contributed by atoms with E-state index in [4.69, 9.17) is 21.7 Å². The van der Waals surface area contributed by atoms with Crippen molar-refractivity contribution in [3.63, 3.8) is 0 Å². The average molecular weight is 435 g/mol. The number of nitrogens with one attached hydrogen (secondary N) is 2. The van der Waals surface area contributed by atoms with Crippen LogP contribution in [0.1, 0.15) is 0 Å². The highest BCUT2D eigenvalue weighted by atomic mass is 32.1. The van der Waals surface area contributed by atoms with E-state index in [2.05, 4.69) is 21.6 Å². The third kappa shape index (κ3) is 4.92. The van der Waals surface area contributed by atoms with Gasteiger partial charge in [0.15, 0.2) is 10.6 Å². The molecule has 4 rings (SSSR count). The van der Waals surface area contributed by atoms with E-state index < -0.39 is 0 Å². The number of fused-ring (bicyclic) bond motifs is 1. The molecule has 0 aliphatic rings. The van der Waals surface area contributed by atoms with Crippen LogP contribution in [-0.2, 0) is 11.3 Å². The van der Waals surface area contributed by atoms with E-state index in [9.17, 15) is 4.79 Å². The van der Waals surface area contributed by atoms with Gasteiger partial charge in [-0.15, -0.1) is 0 Å². The molecule has 0 unspecified atom stereocenters. The number of ether oxygens (including phenoxy) is 2. The number of hydrogen-bond donors (Lipinski definition) is 2. The monoisotopic (exact) mass is 434 g/mol. The molecule has 0 aliphatic carbocycles. The number of aromatic nitrogens is 3. The number of rotatable bonds is 8. The Morgan fingerprint density at radius 2 is 1.81 bits per heavy atom. The molecule has 158 valence electrons. The minimum Gasteiger partial charge on any atom is -0.497 e. The van der Waals surface area contributed by atoms with Crippen molar-refractivity contribution in [2.75, 3.05) is 20.3 Å². The van der Waals surface area contributed by atoms with Crippen LogP contribution in [0.3, 0.4) is 0 Å². The second kappa shape index (κ2) is 9.44. The lowest BCUT2D eigenvalue weighted by Crippen LogP contribution is -2.31. The largest absolute Gasteiger partial charge is 0.497 e. The Bertz CT molecular complexity index is 1250. The van der Waals surface area contributed by atoms with Crippen LogP contribution in [-0.4, -0.2) is 40.9 Å². The molecule has 0 spiro atoms. The summed E-state index contributed by atoms with van der Waals surface area (Å²) < 4.78 is 13.0. The molecule has 0 aliphatic heterocycles. The van der Waals surface area contributed by atoms with Crippen molar-refractivity contribution in [3.05, 3.63) is 71.5 Å². The number of nitrogens with zero attached hydrogens (tertiary/aromatic N) is 2. The second-order valence-corrected chi connectivity index (χ2v) is 7.26. The summed E-state index contributed by atoms with van der Waals surface area (Å²) in [4.78, 5) is 12.4. The molecule has 31 heavy (non-hydrogen) atoms. The fourth-order valence-corrected chi connectivity index (χ4v) is 3.44. The van der Waals surface area contributed by atoms with Crippen LogP contribution in [0.2, 0.25) is 0 Å². The van der Waals surface area contributed by atoms with Crippen LogP contribution >= 0.6 is 12.2 Å². The van der Waals surface area contributed by atoms with Crippen LogP contribution in [0.5, 0.6) is 11.5 Å². The summed E-state index contributed by atoms with van der Waals surface area (Å²) in [5, 5.41) is 12.1. The molecule has 1 amide bonds. The Hall–Kier alpha value is -3.65. The van der Waals surface area contributed by atoms with Crippen molar-refractivity contribution in [2.45, 2.75) is 6.54 Å². The Kier molecular flexibility index (Phi) is 6.28. The van der Waals surface area contributed by atoms with Gasteiger partial charge < -0.3 is 14.8 Å². The van der Waals surface area contributed by atoms with Gasteiger partial charge in [-0.25, -0.2) is 0 Å². The molecular formula is C23H22N4O3S. The van der Waals surface area contributed by atoms with Gasteiger partial charge in [0.2, 0.25) is 5.91 Å². The number of aromatic amines is 1. The zero-order valence-electron chi connectivity index (χ0n) is 17.0. The number of hydrogen-bond acceptors (Lipinski definition) is 5. The Morgan fingerprint density at radius 1 is 1.06 bits per heavy atom. The molecule has 1 aromatic heterocycles. The fourth-order valence-electron chi connectivity index (χ4n) is 3.24. The smallest absolute Gasteiger partial charge is 0.240 e. The van der Waals surface area contributed by atoms with Crippen LogP contribution in [0, 0.1) is 4.77 Å². The van der Waals surface area contributed by atoms with Gasteiger partial charge in [-0.1, -0.05) is 30.3 Å². The van der Waals surface area contributed by atoms with Crippen molar-refractivity contribution >= 4 is 28.9 Å². The maximum absolute atomic E-state index is 12.4. The summed E-state index contributed by atoms with van der Waals surface area (Å²) in [6.07, 6.45) is 0.